The van der Waals surface area contributed by atoms with Crippen molar-refractivity contribution in [3.63, 3.8) is 0 Å². The second kappa shape index (κ2) is 8.56. The summed E-state index contributed by atoms with van der Waals surface area (Å²) in [6.45, 7) is 2.70. The predicted octanol–water partition coefficient (Wildman–Crippen LogP) is 3.76. The molecule has 4 heterocycles. The van der Waals surface area contributed by atoms with Crippen LogP contribution in [0.5, 0.6) is 0 Å². The second-order valence-corrected chi connectivity index (χ2v) is 7.73. The molecule has 8 nitrogen and oxygen atoms in total. The molecule has 0 spiro atoms. The molecule has 11 heteroatoms. The molecule has 1 aliphatic heterocycles. The zero-order chi connectivity index (χ0) is 22.9. The van der Waals surface area contributed by atoms with E-state index in [-0.39, 0.29) is 23.5 Å². The first-order chi connectivity index (χ1) is 15.2. The SMILES string of the molecule is CC(=O)N1CCCC(c2cc(Nc3ncccc3C(F)(F)F)nc(-c3cnn(C)c3)n2)C1. The molecule has 0 saturated carbocycles. The molecule has 3 aromatic rings. The highest BCUT2D eigenvalue weighted by atomic mass is 19.4. The molecule has 0 radical (unpaired) electrons. The van der Waals surface area contributed by atoms with E-state index in [0.717, 1.165) is 18.9 Å². The van der Waals surface area contributed by atoms with Gasteiger partial charge in [-0.1, -0.05) is 0 Å². The first-order valence-corrected chi connectivity index (χ1v) is 10.1. The van der Waals surface area contributed by atoms with Gasteiger partial charge in [0.2, 0.25) is 5.91 Å². The Morgan fingerprint density at radius 2 is 2.09 bits per heavy atom. The molecular weight excluding hydrogens is 423 g/mol. The maximum absolute atomic E-state index is 13.4. The van der Waals surface area contributed by atoms with E-state index in [2.05, 4.69) is 25.4 Å². The van der Waals surface area contributed by atoms with E-state index >= 15 is 0 Å². The van der Waals surface area contributed by atoms with Gasteiger partial charge in [0.1, 0.15) is 11.6 Å². The van der Waals surface area contributed by atoms with Crippen LogP contribution in [-0.4, -0.2) is 48.6 Å². The highest BCUT2D eigenvalue weighted by Crippen LogP contribution is 2.35. The lowest BCUT2D eigenvalue weighted by atomic mass is 9.94. The first-order valence-electron chi connectivity index (χ1n) is 10.1. The molecule has 1 fully saturated rings. The van der Waals surface area contributed by atoms with Gasteiger partial charge in [-0.15, -0.1) is 0 Å². The number of aromatic nitrogens is 5. The van der Waals surface area contributed by atoms with Crippen LogP contribution in [0.4, 0.5) is 24.8 Å². The lowest BCUT2D eigenvalue weighted by Gasteiger charge is -2.32. The van der Waals surface area contributed by atoms with Gasteiger partial charge in [-0.05, 0) is 25.0 Å². The van der Waals surface area contributed by atoms with Crippen molar-refractivity contribution in [2.75, 3.05) is 18.4 Å². The molecule has 0 bridgehead atoms. The van der Waals surface area contributed by atoms with Crippen LogP contribution in [0.25, 0.3) is 11.4 Å². The monoisotopic (exact) mass is 445 g/mol. The summed E-state index contributed by atoms with van der Waals surface area (Å²) in [4.78, 5) is 26.6. The summed E-state index contributed by atoms with van der Waals surface area (Å²) < 4.78 is 41.9. The van der Waals surface area contributed by atoms with Crippen LogP contribution >= 0.6 is 0 Å². The topological polar surface area (TPSA) is 88.8 Å². The smallest absolute Gasteiger partial charge is 0.342 e. The van der Waals surface area contributed by atoms with Crippen LogP contribution < -0.4 is 5.32 Å². The third-order valence-electron chi connectivity index (χ3n) is 5.35. The quantitative estimate of drug-likeness (QED) is 0.658. The molecule has 1 N–H and O–H groups in total. The molecule has 168 valence electrons. The number of anilines is 2. The number of hydrogen-bond acceptors (Lipinski definition) is 6. The zero-order valence-electron chi connectivity index (χ0n) is 17.6. The van der Waals surface area contributed by atoms with E-state index < -0.39 is 11.7 Å². The van der Waals surface area contributed by atoms with Crippen molar-refractivity contribution < 1.29 is 18.0 Å². The summed E-state index contributed by atoms with van der Waals surface area (Å²) in [6, 6.07) is 3.83. The van der Waals surface area contributed by atoms with E-state index in [0.29, 0.717) is 30.2 Å². The van der Waals surface area contributed by atoms with Crippen LogP contribution in [0.1, 0.15) is 36.9 Å². The van der Waals surface area contributed by atoms with Crippen molar-refractivity contribution in [2.24, 2.45) is 7.05 Å². The Morgan fingerprint density at radius 3 is 2.78 bits per heavy atom. The summed E-state index contributed by atoms with van der Waals surface area (Å²) >= 11 is 0. The minimum atomic E-state index is -4.57. The average Bonchev–Trinajstić information content (AvgIpc) is 3.19. The van der Waals surface area contributed by atoms with E-state index in [9.17, 15) is 18.0 Å². The number of likely N-dealkylation sites (tertiary alicyclic amines) is 1. The summed E-state index contributed by atoms with van der Waals surface area (Å²) in [5.41, 5.74) is 0.397. The van der Waals surface area contributed by atoms with Gasteiger partial charge >= 0.3 is 6.18 Å². The van der Waals surface area contributed by atoms with Gasteiger partial charge in [0.05, 0.1) is 23.0 Å². The second-order valence-electron chi connectivity index (χ2n) is 7.73. The number of piperidine rings is 1. The summed E-state index contributed by atoms with van der Waals surface area (Å²) in [6.07, 6.45) is 1.67. The highest BCUT2D eigenvalue weighted by Gasteiger charge is 2.34. The van der Waals surface area contributed by atoms with Gasteiger partial charge in [-0.2, -0.15) is 18.3 Å². The van der Waals surface area contributed by atoms with Crippen LogP contribution in [-0.2, 0) is 18.0 Å². The first kappa shape index (κ1) is 21.7. The number of nitrogens with one attached hydrogen (secondary N) is 1. The number of hydrogen-bond donors (Lipinski definition) is 1. The number of halogens is 3. The molecule has 1 saturated heterocycles. The van der Waals surface area contributed by atoms with Crippen molar-refractivity contribution in [1.29, 1.82) is 0 Å². The number of aryl methyl sites for hydroxylation is 1. The number of nitrogens with zero attached hydrogens (tertiary/aromatic N) is 6. The molecule has 1 amide bonds. The Kier molecular flexibility index (Phi) is 5.81. The highest BCUT2D eigenvalue weighted by molar-refractivity contribution is 5.73. The molecular formula is C21H22F3N7O. The molecule has 1 atom stereocenters. The summed E-state index contributed by atoms with van der Waals surface area (Å²) in [5.74, 6) is 0.117. The standard InChI is InChI=1S/C21H22F3N7O/c1-13(32)31-8-4-5-14(12-31)17-9-18(28-19(27-17)15-10-26-30(2)11-15)29-20-16(21(22,23)24)6-3-7-25-20/h3,6-7,9-11,14H,4-5,8,12H2,1-2H3,(H,25,27,28,29). The fourth-order valence-corrected chi connectivity index (χ4v) is 3.76. The number of carbonyl (C=O) groups excluding carboxylic acids is 1. The Morgan fingerprint density at radius 1 is 1.28 bits per heavy atom. The van der Waals surface area contributed by atoms with Crippen molar-refractivity contribution in [3.8, 4) is 11.4 Å². The van der Waals surface area contributed by atoms with Gasteiger partial charge < -0.3 is 10.2 Å². The molecule has 1 aliphatic rings. The third-order valence-corrected chi connectivity index (χ3v) is 5.35. The average molecular weight is 445 g/mol. The number of alkyl halides is 3. The maximum Gasteiger partial charge on any atom is 0.419 e. The van der Waals surface area contributed by atoms with Gasteiger partial charge in [-0.25, -0.2) is 15.0 Å². The molecule has 1 unspecified atom stereocenters. The van der Waals surface area contributed by atoms with Crippen LogP contribution in [0.2, 0.25) is 0 Å². The Balaban J connectivity index is 1.74. The minimum absolute atomic E-state index is 0.0158. The number of rotatable bonds is 4. The van der Waals surface area contributed by atoms with Gasteiger partial charge in [0.25, 0.3) is 0 Å². The number of carbonyl (C=O) groups is 1. The van der Waals surface area contributed by atoms with E-state index in [1.54, 1.807) is 35.1 Å². The molecule has 4 rings (SSSR count). The molecule has 0 aromatic carbocycles. The molecule has 0 aliphatic carbocycles. The lowest BCUT2D eigenvalue weighted by molar-refractivity contribution is -0.137. The van der Waals surface area contributed by atoms with Gasteiger partial charge in [0, 0.05) is 51.4 Å². The number of pyridine rings is 1. The van der Waals surface area contributed by atoms with Crippen LogP contribution in [0.3, 0.4) is 0 Å². The van der Waals surface area contributed by atoms with Gasteiger partial charge in [-0.3, -0.25) is 9.48 Å². The third kappa shape index (κ3) is 4.71. The normalized spacial score (nSPS) is 16.8. The van der Waals surface area contributed by atoms with E-state index in [1.807, 2.05) is 0 Å². The van der Waals surface area contributed by atoms with Crippen LogP contribution in [0, 0.1) is 0 Å². The summed E-state index contributed by atoms with van der Waals surface area (Å²) in [5, 5.41) is 6.85. The fraction of sp³-hybridized carbons (Fsp3) is 0.381. The molecule has 32 heavy (non-hydrogen) atoms. The Hall–Kier alpha value is -3.50. The van der Waals surface area contributed by atoms with Gasteiger partial charge in [0.15, 0.2) is 5.82 Å². The summed E-state index contributed by atoms with van der Waals surface area (Å²) in [7, 11) is 1.75. The Bertz CT molecular complexity index is 1130. The van der Waals surface area contributed by atoms with Crippen molar-refractivity contribution in [1.82, 2.24) is 29.6 Å². The lowest BCUT2D eigenvalue weighted by Crippen LogP contribution is -2.37. The number of amides is 1. The Labute approximate surface area is 182 Å². The van der Waals surface area contributed by atoms with E-state index in [1.165, 1.54) is 19.2 Å². The minimum Gasteiger partial charge on any atom is -0.342 e. The maximum atomic E-state index is 13.4. The van der Waals surface area contributed by atoms with Crippen molar-refractivity contribution in [3.05, 3.63) is 48.0 Å². The fourth-order valence-electron chi connectivity index (χ4n) is 3.76. The zero-order valence-corrected chi connectivity index (χ0v) is 17.6. The predicted molar refractivity (Wildman–Crippen MR) is 111 cm³/mol. The van der Waals surface area contributed by atoms with Crippen LogP contribution in [0.15, 0.2) is 36.8 Å². The van der Waals surface area contributed by atoms with E-state index in [4.69, 9.17) is 0 Å². The van der Waals surface area contributed by atoms with Crippen molar-refractivity contribution in [2.45, 2.75) is 31.9 Å². The molecule has 3 aromatic heterocycles. The van der Waals surface area contributed by atoms with Crippen molar-refractivity contribution >= 4 is 17.5 Å². The largest absolute Gasteiger partial charge is 0.419 e.